The SMILES string of the molecule is CC(C)(C)c1cc2ccc3cc(-c4ccc5c(c4)B4c6cc(-c7ccccc7)ccc6N(c6c(-c7ccccc7)cccc6-c6ccccc6)c6cc(-n7c8ccccc8c8ccccc87)cc(c64)N5c4c(-c5ccccc5)cccc4-c4ccccc4)cc4ccc(c1)c2c34. The van der Waals surface area contributed by atoms with Crippen LogP contribution in [0, 0.1) is 0 Å². The van der Waals surface area contributed by atoms with Crippen molar-refractivity contribution < 1.29 is 0 Å². The van der Waals surface area contributed by atoms with Gasteiger partial charge in [0.05, 0.1) is 28.1 Å². The van der Waals surface area contributed by atoms with Crippen molar-refractivity contribution in [3.8, 4) is 72.4 Å². The molecule has 19 rings (SSSR count). The third-order valence-corrected chi connectivity index (χ3v) is 20.6. The maximum Gasteiger partial charge on any atom is 0.252 e. The molecule has 0 radical (unpaired) electrons. The molecule has 0 bridgehead atoms. The van der Waals surface area contributed by atoms with Crippen LogP contribution < -0.4 is 26.2 Å². The summed E-state index contributed by atoms with van der Waals surface area (Å²) in [5, 5.41) is 10.2. The predicted molar refractivity (Wildman–Crippen MR) is 410 cm³/mol. The zero-order valence-electron chi connectivity index (χ0n) is 53.7. The first kappa shape index (κ1) is 55.6. The summed E-state index contributed by atoms with van der Waals surface area (Å²) in [5.74, 6) is 0. The van der Waals surface area contributed by atoms with Crippen LogP contribution in [0.2, 0.25) is 0 Å². The van der Waals surface area contributed by atoms with Gasteiger partial charge < -0.3 is 14.4 Å². The van der Waals surface area contributed by atoms with E-state index in [9.17, 15) is 0 Å². The van der Waals surface area contributed by atoms with E-state index in [1.165, 1.54) is 87.3 Å². The van der Waals surface area contributed by atoms with Crippen molar-refractivity contribution in [2.24, 2.45) is 0 Å². The van der Waals surface area contributed by atoms with Gasteiger partial charge in [-0.1, -0.05) is 306 Å². The van der Waals surface area contributed by atoms with Crippen LogP contribution in [0.1, 0.15) is 26.3 Å². The first-order valence-corrected chi connectivity index (χ1v) is 33.6. The van der Waals surface area contributed by atoms with Gasteiger partial charge in [0, 0.05) is 55.8 Å². The highest BCUT2D eigenvalue weighted by Gasteiger charge is 2.46. The number of anilines is 6. The van der Waals surface area contributed by atoms with Gasteiger partial charge in [0.25, 0.3) is 6.71 Å². The number of hydrogen-bond donors (Lipinski definition) is 0. The molecule has 0 fully saturated rings. The summed E-state index contributed by atoms with van der Waals surface area (Å²) in [6, 6.07) is 126. The maximum atomic E-state index is 2.67. The van der Waals surface area contributed by atoms with Crippen molar-refractivity contribution >= 4 is 111 Å². The summed E-state index contributed by atoms with van der Waals surface area (Å²) >= 11 is 0. The smallest absolute Gasteiger partial charge is 0.252 e. The van der Waals surface area contributed by atoms with E-state index in [0.29, 0.717) is 0 Å². The summed E-state index contributed by atoms with van der Waals surface area (Å²) in [7, 11) is 0. The molecule has 0 amide bonds. The number of para-hydroxylation sites is 4. The highest BCUT2D eigenvalue weighted by molar-refractivity contribution is 7.00. The van der Waals surface area contributed by atoms with Crippen molar-refractivity contribution in [1.29, 1.82) is 0 Å². The fourth-order valence-electron chi connectivity index (χ4n) is 16.2. The minimum atomic E-state index is -0.251. The summed E-state index contributed by atoms with van der Waals surface area (Å²) in [6.45, 7) is 6.69. The summed E-state index contributed by atoms with van der Waals surface area (Å²) in [5.41, 5.74) is 29.0. The highest BCUT2D eigenvalue weighted by Crippen LogP contribution is 2.54. The molecular weight excluding hydrogens is 1160 g/mol. The molecule has 0 aliphatic carbocycles. The van der Waals surface area contributed by atoms with Crippen LogP contribution >= 0.6 is 0 Å². The molecule has 450 valence electrons. The minimum absolute atomic E-state index is 0.0281. The first-order valence-electron chi connectivity index (χ1n) is 33.6. The molecule has 0 spiro atoms. The van der Waals surface area contributed by atoms with Crippen molar-refractivity contribution in [2.45, 2.75) is 26.2 Å². The zero-order chi connectivity index (χ0) is 63.8. The van der Waals surface area contributed by atoms with E-state index in [-0.39, 0.29) is 12.1 Å². The standard InChI is InChI=1S/C92H64BN3/c1-92(2,3)71-53-68-45-43-66-51-70(52-67-44-46-69(54-71)88(68)87(66)67)65-48-50-84-80(56-65)93-79-55-64(59-25-9-4-10-26-59)47-49-83(79)95(90-73(60-27-11-5-12-28-60)37-23-38-74(90)61-29-13-6-14-30-61)85-57-72(94-81-41-21-19-35-77(81)78-36-20-22-42-82(78)94)58-86(89(85)93)96(84)91-75(62-31-15-7-16-32-62)39-24-40-76(91)63-33-17-8-18-34-63/h4-58H,1-3H3. The lowest BCUT2D eigenvalue weighted by atomic mass is 9.33. The fraction of sp³-hybridized carbons (Fsp3) is 0.0435. The normalized spacial score (nSPS) is 12.7. The van der Waals surface area contributed by atoms with Gasteiger partial charge >= 0.3 is 0 Å². The Morgan fingerprint density at radius 1 is 0.271 bits per heavy atom. The Hall–Kier alpha value is -12.0. The second-order valence-electron chi connectivity index (χ2n) is 27.1. The predicted octanol–water partition coefficient (Wildman–Crippen LogP) is 23.1. The largest absolute Gasteiger partial charge is 0.310 e. The zero-order valence-corrected chi connectivity index (χ0v) is 53.7. The topological polar surface area (TPSA) is 11.4 Å². The Kier molecular flexibility index (Phi) is 12.6. The average molecular weight is 1220 g/mol. The number of nitrogens with zero attached hydrogens (tertiary/aromatic N) is 3. The molecule has 0 saturated carbocycles. The molecule has 4 heteroatoms. The Bertz CT molecular complexity index is 5680. The summed E-state index contributed by atoms with van der Waals surface area (Å²) in [4.78, 5) is 5.34. The lowest BCUT2D eigenvalue weighted by molar-refractivity contribution is 0.591. The molecule has 1 aromatic heterocycles. The fourth-order valence-corrected chi connectivity index (χ4v) is 16.2. The van der Waals surface area contributed by atoms with Gasteiger partial charge in [-0.05, 0) is 153 Å². The molecule has 3 nitrogen and oxygen atoms in total. The van der Waals surface area contributed by atoms with Crippen LogP contribution in [0.25, 0.3) is 127 Å². The van der Waals surface area contributed by atoms with E-state index >= 15 is 0 Å². The summed E-state index contributed by atoms with van der Waals surface area (Å²) < 4.78 is 2.53. The molecule has 0 unspecified atom stereocenters. The minimum Gasteiger partial charge on any atom is -0.310 e. The van der Waals surface area contributed by atoms with Crippen molar-refractivity contribution in [3.05, 3.63) is 339 Å². The van der Waals surface area contributed by atoms with Crippen LogP contribution in [0.3, 0.4) is 0 Å². The number of rotatable bonds is 9. The second-order valence-corrected chi connectivity index (χ2v) is 27.1. The van der Waals surface area contributed by atoms with Crippen LogP contribution in [-0.2, 0) is 5.41 Å². The van der Waals surface area contributed by atoms with Crippen LogP contribution in [0.15, 0.2) is 334 Å². The lowest BCUT2D eigenvalue weighted by Gasteiger charge is -2.46. The molecular formula is C92H64BN3. The van der Waals surface area contributed by atoms with E-state index in [0.717, 1.165) is 95.4 Å². The summed E-state index contributed by atoms with van der Waals surface area (Å²) in [6.07, 6.45) is 0. The number of aromatic nitrogens is 1. The van der Waals surface area contributed by atoms with Crippen LogP contribution in [0.4, 0.5) is 34.1 Å². The van der Waals surface area contributed by atoms with Gasteiger partial charge in [-0.15, -0.1) is 0 Å². The number of benzene rings is 16. The lowest BCUT2D eigenvalue weighted by Crippen LogP contribution is -2.61. The van der Waals surface area contributed by atoms with Gasteiger partial charge in [-0.2, -0.15) is 0 Å². The molecule has 0 saturated heterocycles. The van der Waals surface area contributed by atoms with E-state index < -0.39 is 0 Å². The van der Waals surface area contributed by atoms with Gasteiger partial charge in [-0.3, -0.25) is 0 Å². The molecule has 16 aromatic carbocycles. The Morgan fingerprint density at radius 2 is 0.625 bits per heavy atom. The van der Waals surface area contributed by atoms with E-state index in [2.05, 4.69) is 369 Å². The Morgan fingerprint density at radius 3 is 1.02 bits per heavy atom. The van der Waals surface area contributed by atoms with E-state index in [4.69, 9.17) is 0 Å². The number of hydrogen-bond acceptors (Lipinski definition) is 2. The molecule has 0 atom stereocenters. The highest BCUT2D eigenvalue weighted by atomic mass is 15.2. The van der Waals surface area contributed by atoms with E-state index in [1.54, 1.807) is 0 Å². The van der Waals surface area contributed by atoms with Gasteiger partial charge in [0.2, 0.25) is 0 Å². The first-order chi connectivity index (χ1) is 47.3. The molecule has 3 heterocycles. The average Bonchev–Trinajstić information content (AvgIpc) is 0.830. The van der Waals surface area contributed by atoms with Crippen molar-refractivity contribution in [3.63, 3.8) is 0 Å². The monoisotopic (exact) mass is 1220 g/mol. The van der Waals surface area contributed by atoms with Gasteiger partial charge in [0.1, 0.15) is 0 Å². The second kappa shape index (κ2) is 21.8. The third-order valence-electron chi connectivity index (χ3n) is 20.6. The molecule has 2 aliphatic rings. The van der Waals surface area contributed by atoms with Gasteiger partial charge in [0.15, 0.2) is 0 Å². The third kappa shape index (κ3) is 8.75. The van der Waals surface area contributed by atoms with Crippen molar-refractivity contribution in [2.75, 3.05) is 9.80 Å². The Labute approximate surface area is 560 Å². The molecule has 2 aliphatic heterocycles. The quantitative estimate of drug-likeness (QED) is 0.105. The Balaban J connectivity index is 0.976. The van der Waals surface area contributed by atoms with Crippen LogP contribution in [-0.4, -0.2) is 11.3 Å². The maximum absolute atomic E-state index is 2.67. The van der Waals surface area contributed by atoms with Crippen molar-refractivity contribution in [1.82, 2.24) is 4.57 Å². The van der Waals surface area contributed by atoms with Crippen LogP contribution in [0.5, 0.6) is 0 Å². The molecule has 96 heavy (non-hydrogen) atoms. The van der Waals surface area contributed by atoms with E-state index in [1.807, 2.05) is 0 Å². The molecule has 17 aromatic rings. The van der Waals surface area contributed by atoms with Gasteiger partial charge in [-0.25, -0.2) is 0 Å². The molecule has 0 N–H and O–H groups in total. The number of fused-ring (bicyclic) bond motifs is 7.